The lowest BCUT2D eigenvalue weighted by molar-refractivity contribution is 0.276. The van der Waals surface area contributed by atoms with Crippen LogP contribution in [0.3, 0.4) is 0 Å². The molecule has 1 aromatic carbocycles. The van der Waals surface area contributed by atoms with Crippen LogP contribution < -0.4 is 16.0 Å². The molecule has 1 unspecified atom stereocenters. The molecule has 1 fully saturated rings. The van der Waals surface area contributed by atoms with Crippen molar-refractivity contribution in [3.8, 4) is 5.88 Å². The van der Waals surface area contributed by atoms with Crippen molar-refractivity contribution in [3.63, 3.8) is 0 Å². The van der Waals surface area contributed by atoms with Crippen LogP contribution in [0, 0.1) is 17.6 Å². The molecule has 206 valence electrons. The fourth-order valence-electron chi connectivity index (χ4n) is 5.09. The van der Waals surface area contributed by atoms with Gasteiger partial charge in [-0.3, -0.25) is 13.9 Å². The van der Waals surface area contributed by atoms with Gasteiger partial charge < -0.3 is 9.84 Å². The van der Waals surface area contributed by atoms with Crippen LogP contribution in [0.2, 0.25) is 0 Å². The van der Waals surface area contributed by atoms with E-state index in [0.717, 1.165) is 23.5 Å². The van der Waals surface area contributed by atoms with Gasteiger partial charge in [0.2, 0.25) is 5.88 Å². The van der Waals surface area contributed by atoms with Crippen molar-refractivity contribution >= 4 is 11.5 Å². The Hall–Kier alpha value is -3.66. The number of aliphatic imine (C=N–C) groups is 1. The van der Waals surface area contributed by atoms with Crippen molar-refractivity contribution in [2.24, 2.45) is 10.9 Å². The minimum absolute atomic E-state index is 0.0635. The van der Waals surface area contributed by atoms with E-state index in [1.165, 1.54) is 16.7 Å². The summed E-state index contributed by atoms with van der Waals surface area (Å²) in [4.78, 5) is 36.5. The van der Waals surface area contributed by atoms with E-state index >= 15 is 0 Å². The van der Waals surface area contributed by atoms with Gasteiger partial charge >= 0.3 is 5.69 Å². The number of aromatic nitrogens is 3. The van der Waals surface area contributed by atoms with Crippen molar-refractivity contribution in [1.29, 1.82) is 0 Å². The molecule has 0 bridgehead atoms. The van der Waals surface area contributed by atoms with Crippen LogP contribution in [0.5, 0.6) is 5.88 Å². The number of nitrogens with zero attached hydrogens (tertiary/aromatic N) is 4. The maximum Gasteiger partial charge on any atom is 0.332 e. The highest BCUT2D eigenvalue weighted by Crippen LogP contribution is 2.40. The summed E-state index contributed by atoms with van der Waals surface area (Å²) in [5.41, 5.74) is 0.994. The normalized spacial score (nSPS) is 16.5. The second-order valence-electron chi connectivity index (χ2n) is 10.5. The third kappa shape index (κ3) is 5.56. The summed E-state index contributed by atoms with van der Waals surface area (Å²) in [7, 11) is 0. The first kappa shape index (κ1) is 26.9. The number of fused-ring (bicyclic) bond motifs is 1. The Bertz CT molecular complexity index is 1500. The van der Waals surface area contributed by atoms with Gasteiger partial charge in [-0.15, -0.1) is 0 Å². The Labute approximate surface area is 224 Å². The summed E-state index contributed by atoms with van der Waals surface area (Å²) in [5.74, 6) is -0.745. The van der Waals surface area contributed by atoms with Gasteiger partial charge in [-0.2, -0.15) is 0 Å². The van der Waals surface area contributed by atoms with Gasteiger partial charge in [-0.25, -0.2) is 23.6 Å². The van der Waals surface area contributed by atoms with E-state index in [-0.39, 0.29) is 37.9 Å². The average molecular weight is 539 g/mol. The summed E-state index contributed by atoms with van der Waals surface area (Å²) in [6, 6.07) is 6.67. The SMILES string of the molecule is CC(C)n1c2c(c(=O)n(CCCO)c1=O)C(CCc1cc(F)cc(F)c1)C(c1cccnc1OCC1CC1)=N2. The standard InChI is InChI=1S/C29H32F2N4O4/c1-17(2)35-26-24(28(37)34(29(35)38)11-4-12-36)22(9-8-19-13-20(30)15-21(31)14-19)25(33-26)23-5-3-10-32-27(23)39-16-18-6-7-18/h3,5,10,13-15,17-18,22,36H,4,6-9,11-12,16H2,1-2H3. The molecule has 0 spiro atoms. The van der Waals surface area contributed by atoms with Crippen LogP contribution in [0.25, 0.3) is 0 Å². The lowest BCUT2D eigenvalue weighted by Gasteiger charge is -2.19. The Morgan fingerprint density at radius 3 is 2.56 bits per heavy atom. The lowest BCUT2D eigenvalue weighted by atomic mass is 9.88. The van der Waals surface area contributed by atoms with Gasteiger partial charge in [0, 0.05) is 37.4 Å². The second-order valence-corrected chi connectivity index (χ2v) is 10.5. The molecule has 0 saturated heterocycles. The van der Waals surface area contributed by atoms with E-state index in [0.29, 0.717) is 47.2 Å². The summed E-state index contributed by atoms with van der Waals surface area (Å²) in [5, 5.41) is 9.37. The third-order valence-electron chi connectivity index (χ3n) is 7.19. The molecule has 8 nitrogen and oxygen atoms in total. The molecule has 39 heavy (non-hydrogen) atoms. The Kier molecular flexibility index (Phi) is 7.74. The average Bonchev–Trinajstić information content (AvgIpc) is 3.65. The van der Waals surface area contributed by atoms with Gasteiger partial charge in [0.15, 0.2) is 0 Å². The number of benzene rings is 1. The molecule has 1 aliphatic heterocycles. The van der Waals surface area contributed by atoms with E-state index in [4.69, 9.17) is 9.73 Å². The molecule has 1 atom stereocenters. The molecular weight excluding hydrogens is 506 g/mol. The molecule has 0 amide bonds. The largest absolute Gasteiger partial charge is 0.477 e. The molecule has 1 aliphatic carbocycles. The molecule has 3 heterocycles. The topological polar surface area (TPSA) is 98.7 Å². The first-order valence-electron chi connectivity index (χ1n) is 13.4. The smallest absolute Gasteiger partial charge is 0.332 e. The summed E-state index contributed by atoms with van der Waals surface area (Å²) >= 11 is 0. The Morgan fingerprint density at radius 1 is 1.15 bits per heavy atom. The second kappa shape index (κ2) is 11.2. The van der Waals surface area contributed by atoms with Crippen molar-refractivity contribution in [3.05, 3.63) is 85.7 Å². The van der Waals surface area contributed by atoms with E-state index in [2.05, 4.69) is 4.98 Å². The zero-order valence-electron chi connectivity index (χ0n) is 22.1. The first-order valence-corrected chi connectivity index (χ1v) is 13.4. The first-order chi connectivity index (χ1) is 18.8. The molecule has 1 saturated carbocycles. The van der Waals surface area contributed by atoms with Crippen molar-refractivity contribution in [2.75, 3.05) is 13.2 Å². The van der Waals surface area contributed by atoms with Gasteiger partial charge in [-0.1, -0.05) is 0 Å². The van der Waals surface area contributed by atoms with Gasteiger partial charge in [0.05, 0.1) is 23.4 Å². The quantitative estimate of drug-likeness (QED) is 0.393. The Morgan fingerprint density at radius 2 is 1.90 bits per heavy atom. The van der Waals surface area contributed by atoms with Crippen LogP contribution in [0.4, 0.5) is 14.6 Å². The summed E-state index contributed by atoms with van der Waals surface area (Å²) < 4.78 is 36.6. The number of rotatable bonds is 11. The number of halogens is 2. The molecular formula is C29H32F2N4O4. The van der Waals surface area contributed by atoms with Crippen LogP contribution in [0.15, 0.2) is 51.1 Å². The Balaban J connectivity index is 1.64. The van der Waals surface area contributed by atoms with Gasteiger partial charge in [0.1, 0.15) is 17.5 Å². The number of aliphatic hydroxyl groups is 1. The lowest BCUT2D eigenvalue weighted by Crippen LogP contribution is -2.42. The summed E-state index contributed by atoms with van der Waals surface area (Å²) in [6.45, 7) is 4.11. The van der Waals surface area contributed by atoms with Crippen molar-refractivity contribution in [1.82, 2.24) is 14.1 Å². The predicted octanol–water partition coefficient (Wildman–Crippen LogP) is 4.29. The zero-order valence-corrected chi connectivity index (χ0v) is 22.1. The number of hydrogen-bond acceptors (Lipinski definition) is 6. The van der Waals surface area contributed by atoms with E-state index in [1.807, 2.05) is 19.9 Å². The van der Waals surface area contributed by atoms with Crippen LogP contribution in [-0.4, -0.2) is 38.2 Å². The van der Waals surface area contributed by atoms with Crippen LogP contribution in [-0.2, 0) is 13.0 Å². The molecule has 10 heteroatoms. The van der Waals surface area contributed by atoms with Gasteiger partial charge in [-0.05, 0) is 81.7 Å². The van der Waals surface area contributed by atoms with E-state index in [1.54, 1.807) is 12.3 Å². The predicted molar refractivity (Wildman–Crippen MR) is 143 cm³/mol. The highest BCUT2D eigenvalue weighted by molar-refractivity contribution is 6.10. The monoisotopic (exact) mass is 538 g/mol. The van der Waals surface area contributed by atoms with Gasteiger partial charge in [0.25, 0.3) is 5.56 Å². The van der Waals surface area contributed by atoms with Crippen LogP contribution in [0.1, 0.15) is 68.2 Å². The van der Waals surface area contributed by atoms with Crippen molar-refractivity contribution < 1.29 is 18.6 Å². The summed E-state index contributed by atoms with van der Waals surface area (Å²) in [6.07, 6.45) is 4.68. The molecule has 0 radical (unpaired) electrons. The maximum absolute atomic E-state index is 13.9. The number of hydrogen-bond donors (Lipinski definition) is 1. The minimum atomic E-state index is -0.672. The van der Waals surface area contributed by atoms with E-state index < -0.39 is 28.8 Å². The van der Waals surface area contributed by atoms with Crippen LogP contribution >= 0.6 is 0 Å². The highest BCUT2D eigenvalue weighted by Gasteiger charge is 2.37. The molecule has 3 aromatic rings. The molecule has 2 aromatic heterocycles. The third-order valence-corrected chi connectivity index (χ3v) is 7.19. The molecule has 1 N–H and O–H groups in total. The molecule has 5 rings (SSSR count). The maximum atomic E-state index is 13.9. The fourth-order valence-corrected chi connectivity index (χ4v) is 5.09. The highest BCUT2D eigenvalue weighted by atomic mass is 19.1. The number of aryl methyl sites for hydroxylation is 1. The van der Waals surface area contributed by atoms with Crippen molar-refractivity contribution in [2.45, 2.75) is 64.5 Å². The molecule has 2 aliphatic rings. The minimum Gasteiger partial charge on any atom is -0.477 e. The van der Waals surface area contributed by atoms with E-state index in [9.17, 15) is 23.5 Å². The zero-order chi connectivity index (χ0) is 27.7. The fraction of sp³-hybridized carbons (Fsp3) is 0.448. The number of pyridine rings is 1. The number of aliphatic hydroxyl groups excluding tert-OH is 1. The number of ether oxygens (including phenoxy) is 1.